The lowest BCUT2D eigenvalue weighted by Crippen LogP contribution is -2.48. The van der Waals surface area contributed by atoms with Crippen LogP contribution in [0.15, 0.2) is 51.8 Å². The van der Waals surface area contributed by atoms with Gasteiger partial charge in [0.05, 0.1) is 10.8 Å². The average Bonchev–Trinajstić information content (AvgIpc) is 3.02. The molecule has 1 amide bonds. The lowest BCUT2D eigenvalue weighted by Gasteiger charge is -2.34. The van der Waals surface area contributed by atoms with Gasteiger partial charge in [-0.15, -0.1) is 0 Å². The fourth-order valence-corrected chi connectivity index (χ4v) is 6.31. The molecule has 2 atom stereocenters. The Morgan fingerprint density at radius 3 is 2.62 bits per heavy atom. The van der Waals surface area contributed by atoms with Gasteiger partial charge in [0.15, 0.2) is 0 Å². The van der Waals surface area contributed by atoms with Gasteiger partial charge < -0.3 is 4.90 Å². The summed E-state index contributed by atoms with van der Waals surface area (Å²) in [6.45, 7) is 2.67. The standard InChI is InChI=1S/C21H22BrClN2O3S/c1-14-11-16-12-17(22)4-9-20(16)25(14)21(26)15-3-2-10-24(13-15)29(27,28)19-7-5-18(23)6-8-19/h4-9,12,14-15H,2-3,10-11,13H2,1H3/t14-,15-/m0/s1. The van der Waals surface area contributed by atoms with Crippen LogP contribution < -0.4 is 4.90 Å². The number of halogens is 2. The number of hydrogen-bond donors (Lipinski definition) is 0. The highest BCUT2D eigenvalue weighted by Gasteiger charge is 2.39. The quantitative estimate of drug-likeness (QED) is 0.628. The molecule has 0 aliphatic carbocycles. The van der Waals surface area contributed by atoms with Crippen molar-refractivity contribution in [2.75, 3.05) is 18.0 Å². The molecule has 2 aliphatic rings. The van der Waals surface area contributed by atoms with Crippen molar-refractivity contribution in [1.29, 1.82) is 0 Å². The Labute approximate surface area is 184 Å². The maximum Gasteiger partial charge on any atom is 0.243 e. The van der Waals surface area contributed by atoms with Crippen molar-refractivity contribution in [3.63, 3.8) is 0 Å². The van der Waals surface area contributed by atoms with Crippen LogP contribution in [0.25, 0.3) is 0 Å². The number of fused-ring (bicyclic) bond motifs is 1. The number of carbonyl (C=O) groups excluding carboxylic acids is 1. The molecule has 154 valence electrons. The number of benzene rings is 2. The molecule has 0 saturated carbocycles. The van der Waals surface area contributed by atoms with Gasteiger partial charge in [-0.3, -0.25) is 4.79 Å². The highest BCUT2D eigenvalue weighted by atomic mass is 79.9. The third kappa shape index (κ3) is 3.98. The zero-order chi connectivity index (χ0) is 20.8. The fourth-order valence-electron chi connectivity index (χ4n) is 4.25. The van der Waals surface area contributed by atoms with Crippen molar-refractivity contribution in [2.45, 2.75) is 37.1 Å². The molecule has 0 unspecified atom stereocenters. The van der Waals surface area contributed by atoms with E-state index in [4.69, 9.17) is 11.6 Å². The molecular formula is C21H22BrClN2O3S. The topological polar surface area (TPSA) is 57.7 Å². The molecule has 2 aliphatic heterocycles. The first-order chi connectivity index (χ1) is 13.8. The predicted octanol–water partition coefficient (Wildman–Crippen LogP) is 4.48. The van der Waals surface area contributed by atoms with Crippen LogP contribution in [0, 0.1) is 5.92 Å². The minimum absolute atomic E-state index is 0.00887. The Bertz CT molecular complexity index is 1040. The molecule has 2 aromatic rings. The van der Waals surface area contributed by atoms with Gasteiger partial charge in [-0.1, -0.05) is 27.5 Å². The van der Waals surface area contributed by atoms with Gasteiger partial charge in [-0.2, -0.15) is 4.31 Å². The predicted molar refractivity (Wildman–Crippen MR) is 118 cm³/mol. The Kier molecular flexibility index (Phi) is 5.77. The van der Waals surface area contributed by atoms with Crippen LogP contribution in [0.3, 0.4) is 0 Å². The summed E-state index contributed by atoms with van der Waals surface area (Å²) >= 11 is 9.38. The maximum atomic E-state index is 13.4. The second-order valence-electron chi connectivity index (χ2n) is 7.69. The van der Waals surface area contributed by atoms with Gasteiger partial charge in [0.1, 0.15) is 0 Å². The second-order valence-corrected chi connectivity index (χ2v) is 11.0. The number of rotatable bonds is 3. The van der Waals surface area contributed by atoms with Crippen molar-refractivity contribution >= 4 is 49.1 Å². The summed E-state index contributed by atoms with van der Waals surface area (Å²) in [6.07, 6.45) is 2.17. The number of sulfonamides is 1. The molecule has 0 radical (unpaired) electrons. The van der Waals surface area contributed by atoms with E-state index in [2.05, 4.69) is 22.0 Å². The molecule has 0 aromatic heterocycles. The Hall–Kier alpha value is -1.41. The van der Waals surface area contributed by atoms with Crippen LogP contribution >= 0.6 is 27.5 Å². The molecule has 1 saturated heterocycles. The first kappa shape index (κ1) is 20.8. The van der Waals surface area contributed by atoms with Crippen molar-refractivity contribution < 1.29 is 13.2 Å². The summed E-state index contributed by atoms with van der Waals surface area (Å²) in [6, 6.07) is 12.2. The highest BCUT2D eigenvalue weighted by molar-refractivity contribution is 9.10. The van der Waals surface area contributed by atoms with E-state index >= 15 is 0 Å². The summed E-state index contributed by atoms with van der Waals surface area (Å²) in [5.74, 6) is -0.336. The number of amides is 1. The molecule has 2 heterocycles. The highest BCUT2D eigenvalue weighted by Crippen LogP contribution is 2.36. The van der Waals surface area contributed by atoms with Gasteiger partial charge in [-0.05, 0) is 74.2 Å². The van der Waals surface area contributed by atoms with Gasteiger partial charge >= 0.3 is 0 Å². The molecule has 0 bridgehead atoms. The maximum absolute atomic E-state index is 13.4. The first-order valence-corrected chi connectivity index (χ1v) is 12.3. The van der Waals surface area contributed by atoms with Crippen LogP contribution in [0.4, 0.5) is 5.69 Å². The summed E-state index contributed by atoms with van der Waals surface area (Å²) in [5, 5.41) is 0.490. The van der Waals surface area contributed by atoms with E-state index in [9.17, 15) is 13.2 Å². The molecule has 4 rings (SSSR count). The molecule has 29 heavy (non-hydrogen) atoms. The number of nitrogens with zero attached hydrogens (tertiary/aromatic N) is 2. The number of piperidine rings is 1. The van der Waals surface area contributed by atoms with Crippen LogP contribution in [-0.2, 0) is 21.2 Å². The normalized spacial score (nSPS) is 22.5. The first-order valence-electron chi connectivity index (χ1n) is 9.64. The zero-order valence-corrected chi connectivity index (χ0v) is 19.2. The van der Waals surface area contributed by atoms with Crippen molar-refractivity contribution in [2.24, 2.45) is 5.92 Å². The van der Waals surface area contributed by atoms with E-state index in [1.807, 2.05) is 24.0 Å². The molecule has 2 aromatic carbocycles. The largest absolute Gasteiger partial charge is 0.309 e. The third-order valence-electron chi connectivity index (χ3n) is 5.68. The number of anilines is 1. The molecule has 5 nitrogen and oxygen atoms in total. The SMILES string of the molecule is C[C@H]1Cc2cc(Br)ccc2N1C(=O)[C@H]1CCCN(S(=O)(=O)c2ccc(Cl)cc2)C1. The Morgan fingerprint density at radius 1 is 1.17 bits per heavy atom. The van der Waals surface area contributed by atoms with Crippen LogP contribution in [0.5, 0.6) is 0 Å². The second kappa shape index (κ2) is 8.02. The molecule has 0 N–H and O–H groups in total. The van der Waals surface area contributed by atoms with Gasteiger partial charge in [-0.25, -0.2) is 8.42 Å². The molecular weight excluding hydrogens is 476 g/mol. The Morgan fingerprint density at radius 2 is 1.90 bits per heavy atom. The van der Waals surface area contributed by atoms with E-state index in [0.29, 0.717) is 24.4 Å². The fraction of sp³-hybridized carbons (Fsp3) is 0.381. The summed E-state index contributed by atoms with van der Waals surface area (Å²) in [4.78, 5) is 15.4. The van der Waals surface area contributed by atoms with Gasteiger partial charge in [0.25, 0.3) is 0 Å². The van der Waals surface area contributed by atoms with Crippen molar-refractivity contribution in [1.82, 2.24) is 4.31 Å². The molecule has 8 heteroatoms. The van der Waals surface area contributed by atoms with E-state index < -0.39 is 10.0 Å². The summed E-state index contributed by atoms with van der Waals surface area (Å²) < 4.78 is 28.5. The summed E-state index contributed by atoms with van der Waals surface area (Å²) in [5.41, 5.74) is 2.07. The van der Waals surface area contributed by atoms with Crippen LogP contribution in [0.1, 0.15) is 25.3 Å². The smallest absolute Gasteiger partial charge is 0.243 e. The zero-order valence-electron chi connectivity index (χ0n) is 16.0. The number of hydrogen-bond acceptors (Lipinski definition) is 3. The minimum atomic E-state index is -3.65. The lowest BCUT2D eigenvalue weighted by atomic mass is 9.97. The van der Waals surface area contributed by atoms with E-state index in [0.717, 1.165) is 22.1 Å². The van der Waals surface area contributed by atoms with Crippen molar-refractivity contribution in [3.05, 3.63) is 57.5 Å². The molecule has 1 fully saturated rings. The minimum Gasteiger partial charge on any atom is -0.309 e. The third-order valence-corrected chi connectivity index (χ3v) is 8.30. The van der Waals surface area contributed by atoms with Gasteiger partial charge in [0, 0.05) is 34.3 Å². The molecule has 0 spiro atoms. The van der Waals surface area contributed by atoms with Crippen LogP contribution in [0.2, 0.25) is 5.02 Å². The number of carbonyl (C=O) groups is 1. The average molecular weight is 498 g/mol. The van der Waals surface area contributed by atoms with E-state index in [-0.39, 0.29) is 29.3 Å². The lowest BCUT2D eigenvalue weighted by molar-refractivity contribution is -0.123. The van der Waals surface area contributed by atoms with Crippen LogP contribution in [-0.4, -0.2) is 37.8 Å². The Balaban J connectivity index is 1.56. The van der Waals surface area contributed by atoms with E-state index in [1.165, 1.54) is 16.4 Å². The van der Waals surface area contributed by atoms with Crippen molar-refractivity contribution in [3.8, 4) is 0 Å². The van der Waals surface area contributed by atoms with E-state index in [1.54, 1.807) is 12.1 Å². The monoisotopic (exact) mass is 496 g/mol. The van der Waals surface area contributed by atoms with Gasteiger partial charge in [0.2, 0.25) is 15.9 Å². The summed E-state index contributed by atoms with van der Waals surface area (Å²) in [7, 11) is -3.65.